The molecule has 126 valence electrons. The van der Waals surface area contributed by atoms with Crippen molar-refractivity contribution in [3.8, 4) is 5.82 Å². The molecule has 1 aliphatic heterocycles. The first-order valence-corrected chi connectivity index (χ1v) is 7.24. The predicted octanol–water partition coefficient (Wildman–Crippen LogP) is 1.87. The summed E-state index contributed by atoms with van der Waals surface area (Å²) in [5.74, 6) is 0.895. The molecule has 0 saturated carbocycles. The van der Waals surface area contributed by atoms with E-state index >= 15 is 0 Å². The number of rotatable bonds is 5. The van der Waals surface area contributed by atoms with Crippen molar-refractivity contribution in [3.05, 3.63) is 42.6 Å². The first kappa shape index (κ1) is 19.4. The summed E-state index contributed by atoms with van der Waals surface area (Å²) in [7, 11) is 0. The molecule has 3 rings (SSSR count). The summed E-state index contributed by atoms with van der Waals surface area (Å²) in [5.41, 5.74) is 1.03. The summed E-state index contributed by atoms with van der Waals surface area (Å²) in [4.78, 5) is 20.2. The molecule has 3 heterocycles. The van der Waals surface area contributed by atoms with Crippen LogP contribution in [-0.2, 0) is 11.3 Å². The molecule has 0 radical (unpaired) electrons. The number of amides is 1. The molecule has 2 N–H and O–H groups in total. The first-order chi connectivity index (χ1) is 10.3. The minimum Gasteiger partial charge on any atom is -0.352 e. The third-order valence-electron chi connectivity index (χ3n) is 3.66. The molecule has 8 heteroatoms. The highest BCUT2D eigenvalue weighted by atomic mass is 35.5. The normalized spacial score (nSPS) is 16.3. The quantitative estimate of drug-likeness (QED) is 0.856. The molecule has 1 unspecified atom stereocenters. The van der Waals surface area contributed by atoms with E-state index in [2.05, 4.69) is 20.6 Å². The predicted molar refractivity (Wildman–Crippen MR) is 93.3 cm³/mol. The monoisotopic (exact) mass is 357 g/mol. The summed E-state index contributed by atoms with van der Waals surface area (Å²) in [6.45, 7) is 1.55. The molecule has 23 heavy (non-hydrogen) atoms. The van der Waals surface area contributed by atoms with Crippen LogP contribution in [0.15, 0.2) is 37.1 Å². The average Bonchev–Trinajstić information content (AvgIpc) is 3.19. The van der Waals surface area contributed by atoms with Crippen molar-refractivity contribution in [2.75, 3.05) is 6.54 Å². The summed E-state index contributed by atoms with van der Waals surface area (Å²) in [6.07, 6.45) is 9.82. The summed E-state index contributed by atoms with van der Waals surface area (Å²) in [5, 5.41) is 6.30. The summed E-state index contributed by atoms with van der Waals surface area (Å²) < 4.78 is 1.84. The molecule has 0 bridgehead atoms. The Balaban J connectivity index is 0.00000132. The SMILES string of the molecule is Cl.Cl.O=C(CC1CCCN1)NCc1ccnc(-n2ccnc2)c1. The number of nitrogens with one attached hydrogen (secondary N) is 2. The summed E-state index contributed by atoms with van der Waals surface area (Å²) >= 11 is 0. The zero-order valence-electron chi connectivity index (χ0n) is 12.6. The third kappa shape index (κ3) is 5.49. The van der Waals surface area contributed by atoms with Gasteiger partial charge in [-0.25, -0.2) is 9.97 Å². The Hall–Kier alpha value is -1.63. The van der Waals surface area contributed by atoms with Gasteiger partial charge in [-0.05, 0) is 37.1 Å². The molecule has 2 aromatic rings. The number of pyridine rings is 1. The zero-order valence-corrected chi connectivity index (χ0v) is 14.3. The van der Waals surface area contributed by atoms with E-state index in [-0.39, 0.29) is 30.7 Å². The number of nitrogens with zero attached hydrogens (tertiary/aromatic N) is 3. The number of carbonyl (C=O) groups excluding carboxylic acids is 1. The molecule has 2 aromatic heterocycles. The Morgan fingerprint density at radius 1 is 1.39 bits per heavy atom. The van der Waals surface area contributed by atoms with Gasteiger partial charge in [0.1, 0.15) is 12.1 Å². The third-order valence-corrected chi connectivity index (χ3v) is 3.66. The van der Waals surface area contributed by atoms with Gasteiger partial charge in [0.15, 0.2) is 0 Å². The van der Waals surface area contributed by atoms with Crippen molar-refractivity contribution < 1.29 is 4.79 Å². The maximum atomic E-state index is 11.9. The number of carbonyl (C=O) groups is 1. The van der Waals surface area contributed by atoms with Crippen LogP contribution in [0.5, 0.6) is 0 Å². The zero-order chi connectivity index (χ0) is 14.5. The van der Waals surface area contributed by atoms with Gasteiger partial charge in [0.2, 0.25) is 5.91 Å². The molecular formula is C15H21Cl2N5O. The fraction of sp³-hybridized carbons (Fsp3) is 0.400. The lowest BCUT2D eigenvalue weighted by Crippen LogP contribution is -2.31. The van der Waals surface area contributed by atoms with Crippen LogP contribution in [0.25, 0.3) is 5.82 Å². The van der Waals surface area contributed by atoms with Crippen LogP contribution in [0.2, 0.25) is 0 Å². The van der Waals surface area contributed by atoms with Gasteiger partial charge in [0.25, 0.3) is 0 Å². The highest BCUT2D eigenvalue weighted by Gasteiger charge is 2.17. The van der Waals surface area contributed by atoms with Crippen LogP contribution >= 0.6 is 24.8 Å². The van der Waals surface area contributed by atoms with Gasteiger partial charge in [0, 0.05) is 37.6 Å². The van der Waals surface area contributed by atoms with Gasteiger partial charge in [0.05, 0.1) is 0 Å². The number of halogens is 2. The Labute approximate surface area is 147 Å². The molecular weight excluding hydrogens is 337 g/mol. The fourth-order valence-corrected chi connectivity index (χ4v) is 2.53. The Morgan fingerprint density at radius 2 is 2.26 bits per heavy atom. The smallest absolute Gasteiger partial charge is 0.221 e. The van der Waals surface area contributed by atoms with Crippen molar-refractivity contribution in [2.45, 2.75) is 31.8 Å². The highest BCUT2D eigenvalue weighted by Crippen LogP contribution is 2.09. The van der Waals surface area contributed by atoms with Gasteiger partial charge < -0.3 is 10.6 Å². The Bertz CT molecular complexity index is 600. The van der Waals surface area contributed by atoms with Gasteiger partial charge in [-0.1, -0.05) is 0 Å². The molecule has 1 fully saturated rings. The Kier molecular flexibility index (Phi) is 8.02. The second-order valence-electron chi connectivity index (χ2n) is 5.27. The topological polar surface area (TPSA) is 71.8 Å². The lowest BCUT2D eigenvalue weighted by Gasteiger charge is -2.11. The van der Waals surface area contributed by atoms with Crippen molar-refractivity contribution in [2.24, 2.45) is 0 Å². The number of hydrogen-bond acceptors (Lipinski definition) is 4. The van der Waals surface area contributed by atoms with Crippen LogP contribution < -0.4 is 10.6 Å². The van der Waals surface area contributed by atoms with E-state index in [0.717, 1.165) is 30.8 Å². The van der Waals surface area contributed by atoms with Crippen LogP contribution in [-0.4, -0.2) is 33.0 Å². The number of imidazole rings is 1. The molecule has 0 aromatic carbocycles. The second kappa shape index (κ2) is 9.50. The molecule has 1 aliphatic rings. The van der Waals surface area contributed by atoms with Crippen molar-refractivity contribution in [1.29, 1.82) is 0 Å². The highest BCUT2D eigenvalue weighted by molar-refractivity contribution is 5.85. The van der Waals surface area contributed by atoms with Gasteiger partial charge in [-0.3, -0.25) is 9.36 Å². The van der Waals surface area contributed by atoms with E-state index in [1.165, 1.54) is 0 Å². The van der Waals surface area contributed by atoms with Crippen molar-refractivity contribution >= 4 is 30.7 Å². The standard InChI is InChI=1S/C15H19N5O.2ClH/c21-15(9-13-2-1-4-17-13)19-10-12-3-5-18-14(8-12)20-7-6-16-11-20;;/h3,5-8,11,13,17H,1-2,4,9-10H2,(H,19,21);2*1H. The average molecular weight is 358 g/mol. The van der Waals surface area contributed by atoms with Gasteiger partial charge >= 0.3 is 0 Å². The van der Waals surface area contributed by atoms with Gasteiger partial charge in [-0.15, -0.1) is 24.8 Å². The number of aromatic nitrogens is 3. The van der Waals surface area contributed by atoms with Crippen LogP contribution in [0.3, 0.4) is 0 Å². The van der Waals surface area contributed by atoms with Crippen LogP contribution in [0, 0.1) is 0 Å². The summed E-state index contributed by atoms with van der Waals surface area (Å²) in [6, 6.07) is 4.20. The molecule has 1 amide bonds. The largest absolute Gasteiger partial charge is 0.352 e. The van der Waals surface area contributed by atoms with Crippen LogP contribution in [0.1, 0.15) is 24.8 Å². The Morgan fingerprint density at radius 3 is 2.96 bits per heavy atom. The van der Waals surface area contributed by atoms with Gasteiger partial charge in [-0.2, -0.15) is 0 Å². The van der Waals surface area contributed by atoms with E-state index in [4.69, 9.17) is 0 Å². The first-order valence-electron chi connectivity index (χ1n) is 7.24. The van der Waals surface area contributed by atoms with Crippen molar-refractivity contribution in [3.63, 3.8) is 0 Å². The molecule has 0 aliphatic carbocycles. The molecule has 1 atom stereocenters. The molecule has 1 saturated heterocycles. The second-order valence-corrected chi connectivity index (χ2v) is 5.27. The van der Waals surface area contributed by atoms with E-state index in [1.54, 1.807) is 18.7 Å². The van der Waals surface area contributed by atoms with Crippen molar-refractivity contribution in [1.82, 2.24) is 25.2 Å². The maximum absolute atomic E-state index is 11.9. The van der Waals surface area contributed by atoms with E-state index in [9.17, 15) is 4.79 Å². The lowest BCUT2D eigenvalue weighted by atomic mass is 10.1. The molecule has 6 nitrogen and oxygen atoms in total. The molecule has 0 spiro atoms. The van der Waals surface area contributed by atoms with Crippen LogP contribution in [0.4, 0.5) is 0 Å². The van der Waals surface area contributed by atoms with E-state index < -0.39 is 0 Å². The minimum absolute atomic E-state index is 0. The van der Waals surface area contributed by atoms with E-state index in [0.29, 0.717) is 19.0 Å². The van der Waals surface area contributed by atoms with E-state index in [1.807, 2.05) is 22.9 Å². The fourth-order valence-electron chi connectivity index (χ4n) is 2.53. The lowest BCUT2D eigenvalue weighted by molar-refractivity contribution is -0.121. The maximum Gasteiger partial charge on any atom is 0.221 e. The minimum atomic E-state index is 0. The number of hydrogen-bond donors (Lipinski definition) is 2.